The van der Waals surface area contributed by atoms with Gasteiger partial charge in [0.25, 0.3) is 0 Å². The Hall–Kier alpha value is -1.73. The number of piperazine rings is 1. The minimum atomic E-state index is -0.228. The van der Waals surface area contributed by atoms with Crippen molar-refractivity contribution in [2.45, 2.75) is 45.8 Å². The van der Waals surface area contributed by atoms with Crippen molar-refractivity contribution < 1.29 is 9.53 Å². The topological polar surface area (TPSA) is 70.6 Å². The normalized spacial score (nSPS) is 24.7. The van der Waals surface area contributed by atoms with Gasteiger partial charge in [-0.15, -0.1) is 0 Å². The average Bonchev–Trinajstić information content (AvgIpc) is 2.61. The number of rotatable bonds is 3. The average molecular weight is 347 g/mol. The van der Waals surface area contributed by atoms with E-state index in [0.717, 1.165) is 37.0 Å². The minimum Gasteiger partial charge on any atom is -0.375 e. The van der Waals surface area contributed by atoms with Gasteiger partial charge < -0.3 is 19.9 Å². The van der Waals surface area contributed by atoms with Crippen molar-refractivity contribution >= 4 is 11.7 Å². The number of hydrogen-bond donors (Lipinski definition) is 1. The highest BCUT2D eigenvalue weighted by Gasteiger charge is 2.33. The molecule has 1 aromatic heterocycles. The van der Waals surface area contributed by atoms with Gasteiger partial charge in [-0.2, -0.15) is 0 Å². The number of anilines is 1. The van der Waals surface area contributed by atoms with E-state index in [1.54, 1.807) is 0 Å². The van der Waals surface area contributed by atoms with Gasteiger partial charge in [-0.25, -0.2) is 9.97 Å². The molecule has 2 aliphatic heterocycles. The Morgan fingerprint density at radius 2 is 2.00 bits per heavy atom. The Kier molecular flexibility index (Phi) is 5.54. The number of nitrogens with zero attached hydrogens (tertiary/aromatic N) is 4. The maximum absolute atomic E-state index is 12.7. The SMILES string of the molecule is Cc1cc(N2CCN(C(=O)[C@H]3NCCO[C@@H]3C)CC2)nc(C(C)C)n1. The van der Waals surface area contributed by atoms with Crippen LogP contribution in [0.25, 0.3) is 0 Å². The van der Waals surface area contributed by atoms with Crippen molar-refractivity contribution in [1.29, 1.82) is 0 Å². The van der Waals surface area contributed by atoms with Gasteiger partial charge >= 0.3 is 0 Å². The molecule has 7 heteroatoms. The molecule has 25 heavy (non-hydrogen) atoms. The van der Waals surface area contributed by atoms with E-state index in [9.17, 15) is 4.79 Å². The van der Waals surface area contributed by atoms with E-state index >= 15 is 0 Å². The van der Waals surface area contributed by atoms with E-state index in [-0.39, 0.29) is 18.1 Å². The molecule has 2 saturated heterocycles. The number of morpholine rings is 1. The second kappa shape index (κ2) is 7.66. The zero-order chi connectivity index (χ0) is 18.0. The Balaban J connectivity index is 1.63. The molecule has 1 amide bonds. The molecular formula is C18H29N5O2. The van der Waals surface area contributed by atoms with Crippen LogP contribution >= 0.6 is 0 Å². The van der Waals surface area contributed by atoms with Crippen LogP contribution in [-0.4, -0.2) is 72.3 Å². The fourth-order valence-corrected chi connectivity index (χ4v) is 3.36. The van der Waals surface area contributed by atoms with Crippen LogP contribution < -0.4 is 10.2 Å². The second-order valence-electron chi connectivity index (χ2n) is 7.20. The number of carbonyl (C=O) groups is 1. The monoisotopic (exact) mass is 347 g/mol. The highest BCUT2D eigenvalue weighted by Crippen LogP contribution is 2.19. The molecule has 138 valence electrons. The first-order chi connectivity index (χ1) is 12.0. The van der Waals surface area contributed by atoms with Gasteiger partial charge in [-0.05, 0) is 13.8 Å². The van der Waals surface area contributed by atoms with E-state index in [2.05, 4.69) is 29.0 Å². The van der Waals surface area contributed by atoms with Crippen LogP contribution in [0.1, 0.15) is 38.2 Å². The molecule has 2 fully saturated rings. The molecule has 2 atom stereocenters. The molecule has 0 spiro atoms. The van der Waals surface area contributed by atoms with Crippen molar-refractivity contribution in [2.24, 2.45) is 0 Å². The number of aryl methyl sites for hydroxylation is 1. The Morgan fingerprint density at radius 3 is 2.64 bits per heavy atom. The highest BCUT2D eigenvalue weighted by molar-refractivity contribution is 5.83. The fourth-order valence-electron chi connectivity index (χ4n) is 3.36. The van der Waals surface area contributed by atoms with Gasteiger partial charge in [0, 0.05) is 50.4 Å². The summed E-state index contributed by atoms with van der Waals surface area (Å²) in [5.74, 6) is 2.30. The van der Waals surface area contributed by atoms with Gasteiger partial charge in [0.1, 0.15) is 17.7 Å². The van der Waals surface area contributed by atoms with E-state index in [4.69, 9.17) is 9.72 Å². The third-order valence-corrected chi connectivity index (χ3v) is 4.87. The molecule has 0 aromatic carbocycles. The van der Waals surface area contributed by atoms with Gasteiger partial charge in [0.2, 0.25) is 5.91 Å². The molecule has 0 aliphatic carbocycles. The van der Waals surface area contributed by atoms with Crippen molar-refractivity contribution in [1.82, 2.24) is 20.2 Å². The second-order valence-corrected chi connectivity index (χ2v) is 7.20. The summed E-state index contributed by atoms with van der Waals surface area (Å²) < 4.78 is 5.60. The van der Waals surface area contributed by atoms with Crippen LogP contribution in [-0.2, 0) is 9.53 Å². The van der Waals surface area contributed by atoms with Crippen molar-refractivity contribution in [3.05, 3.63) is 17.6 Å². The number of ether oxygens (including phenoxy) is 1. The molecule has 1 N–H and O–H groups in total. The molecule has 0 unspecified atom stereocenters. The predicted octanol–water partition coefficient (Wildman–Crippen LogP) is 0.934. The molecule has 7 nitrogen and oxygen atoms in total. The molecule has 1 aromatic rings. The zero-order valence-corrected chi connectivity index (χ0v) is 15.7. The fraction of sp³-hybridized carbons (Fsp3) is 0.722. The largest absolute Gasteiger partial charge is 0.375 e. The first kappa shape index (κ1) is 18.1. The summed E-state index contributed by atoms with van der Waals surface area (Å²) in [7, 11) is 0. The van der Waals surface area contributed by atoms with Crippen LogP contribution in [0.4, 0.5) is 5.82 Å². The summed E-state index contributed by atoms with van der Waals surface area (Å²) in [6, 6.07) is 1.80. The van der Waals surface area contributed by atoms with Crippen LogP contribution in [0.15, 0.2) is 6.07 Å². The highest BCUT2D eigenvalue weighted by atomic mass is 16.5. The minimum absolute atomic E-state index is 0.0719. The Labute approximate surface area is 149 Å². The molecule has 3 heterocycles. The summed E-state index contributed by atoms with van der Waals surface area (Å²) in [6.07, 6.45) is -0.0719. The number of amides is 1. The number of hydrogen-bond acceptors (Lipinski definition) is 6. The van der Waals surface area contributed by atoms with Gasteiger partial charge in [0.05, 0.1) is 12.7 Å². The summed E-state index contributed by atoms with van der Waals surface area (Å²) in [4.78, 5) is 26.2. The number of carbonyl (C=O) groups excluding carboxylic acids is 1. The summed E-state index contributed by atoms with van der Waals surface area (Å²) in [5.41, 5.74) is 0.990. The first-order valence-electron chi connectivity index (χ1n) is 9.20. The van der Waals surface area contributed by atoms with Gasteiger partial charge in [0.15, 0.2) is 0 Å². The Morgan fingerprint density at radius 1 is 1.28 bits per heavy atom. The quantitative estimate of drug-likeness (QED) is 0.877. The van der Waals surface area contributed by atoms with Crippen molar-refractivity contribution in [3.8, 4) is 0 Å². The third-order valence-electron chi connectivity index (χ3n) is 4.87. The van der Waals surface area contributed by atoms with Crippen LogP contribution in [0.3, 0.4) is 0 Å². The van der Waals surface area contributed by atoms with Gasteiger partial charge in [-0.3, -0.25) is 4.79 Å². The van der Waals surface area contributed by atoms with E-state index in [1.165, 1.54) is 0 Å². The molecule has 2 aliphatic rings. The van der Waals surface area contributed by atoms with Crippen LogP contribution in [0.2, 0.25) is 0 Å². The lowest BCUT2D eigenvalue weighted by Gasteiger charge is -2.39. The molecule has 0 saturated carbocycles. The smallest absolute Gasteiger partial charge is 0.242 e. The summed E-state index contributed by atoms with van der Waals surface area (Å²) >= 11 is 0. The summed E-state index contributed by atoms with van der Waals surface area (Å²) in [6.45, 7) is 12.6. The van der Waals surface area contributed by atoms with Crippen LogP contribution in [0.5, 0.6) is 0 Å². The van der Waals surface area contributed by atoms with E-state index < -0.39 is 0 Å². The lowest BCUT2D eigenvalue weighted by molar-refractivity contribution is -0.139. The number of aromatic nitrogens is 2. The van der Waals surface area contributed by atoms with Crippen LogP contribution in [0, 0.1) is 6.92 Å². The third kappa shape index (κ3) is 4.10. The van der Waals surface area contributed by atoms with Gasteiger partial charge in [-0.1, -0.05) is 13.8 Å². The summed E-state index contributed by atoms with van der Waals surface area (Å²) in [5, 5.41) is 3.29. The maximum Gasteiger partial charge on any atom is 0.242 e. The van der Waals surface area contributed by atoms with Crippen molar-refractivity contribution in [2.75, 3.05) is 44.2 Å². The van der Waals surface area contributed by atoms with E-state index in [0.29, 0.717) is 25.6 Å². The lowest BCUT2D eigenvalue weighted by atomic mass is 10.1. The van der Waals surface area contributed by atoms with E-state index in [1.807, 2.05) is 24.8 Å². The maximum atomic E-state index is 12.7. The Bertz CT molecular complexity index is 613. The molecule has 0 bridgehead atoms. The molecule has 3 rings (SSSR count). The van der Waals surface area contributed by atoms with Crippen molar-refractivity contribution in [3.63, 3.8) is 0 Å². The molecular weight excluding hydrogens is 318 g/mol. The zero-order valence-electron chi connectivity index (χ0n) is 15.7. The first-order valence-corrected chi connectivity index (χ1v) is 9.20. The predicted molar refractivity (Wildman–Crippen MR) is 96.9 cm³/mol. The standard InChI is InChI=1S/C18H29N5O2/c1-12(2)17-20-13(3)11-15(21-17)22-6-8-23(9-7-22)18(24)16-14(4)25-10-5-19-16/h11-12,14,16,19H,5-10H2,1-4H3/t14-,16+/m1/s1. The lowest BCUT2D eigenvalue weighted by Crippen LogP contribution is -2.59. The molecule has 0 radical (unpaired) electrons. The number of nitrogens with one attached hydrogen (secondary N) is 1.